The lowest BCUT2D eigenvalue weighted by Gasteiger charge is -2.27. The average molecular weight is 763 g/mol. The average Bonchev–Trinajstić information content (AvgIpc) is 3.15. The number of aliphatic hydroxyl groups is 2. The minimum absolute atomic E-state index is 0.102. The quantitative estimate of drug-likeness (QED) is 0.0407. The largest absolute Gasteiger partial charge is 0.462 e. The Morgan fingerprint density at radius 2 is 1.19 bits per heavy atom. The molecule has 316 valence electrons. The molecule has 0 aliphatic heterocycles. The standard InChI is InChI=1S/C44H80N2O6.C2H6/c1-7-10-12-14-16-18-20-22-26-39(47)35-46(36-40(48)27-23-21-19-17-15-13-11-8-2)32-24-28-43(49)52-42-30-29-38(34-41(42)37(4)9-3)44(50)51-33-25-31-45(5)6;1-2/h29-30,34,37,39-40,47-48H,7-28,31-33,35-36H2,1-6H3;1-2H3. The third kappa shape index (κ3) is 27.6. The van der Waals surface area contributed by atoms with E-state index >= 15 is 0 Å². The maximum Gasteiger partial charge on any atom is 0.338 e. The molecule has 0 amide bonds. The lowest BCUT2D eigenvalue weighted by Crippen LogP contribution is -2.39. The first-order valence-electron chi connectivity index (χ1n) is 22.4. The SMILES string of the molecule is CC.CCCCCCCCCCC(O)CN(CCCC(=O)Oc1ccc(C(=O)OCCCN(C)C)cc1C(C)CC)CC(O)CCCCCCCCCC. The van der Waals surface area contributed by atoms with Gasteiger partial charge in [0.1, 0.15) is 5.75 Å². The summed E-state index contributed by atoms with van der Waals surface area (Å²) in [7, 11) is 3.98. The molecular formula is C46H86N2O6. The molecule has 1 aromatic rings. The van der Waals surface area contributed by atoms with Gasteiger partial charge in [0.25, 0.3) is 0 Å². The molecule has 54 heavy (non-hydrogen) atoms. The number of benzene rings is 1. The van der Waals surface area contributed by atoms with Gasteiger partial charge in [-0.05, 0) is 82.4 Å². The Morgan fingerprint density at radius 3 is 1.67 bits per heavy atom. The van der Waals surface area contributed by atoms with E-state index in [0.717, 1.165) is 63.5 Å². The minimum atomic E-state index is -0.446. The summed E-state index contributed by atoms with van der Waals surface area (Å²) < 4.78 is 11.4. The fourth-order valence-corrected chi connectivity index (χ4v) is 6.69. The second-order valence-electron chi connectivity index (χ2n) is 15.5. The van der Waals surface area contributed by atoms with Crippen LogP contribution in [0, 0.1) is 0 Å². The second kappa shape index (κ2) is 35.4. The van der Waals surface area contributed by atoms with Crippen molar-refractivity contribution in [1.82, 2.24) is 9.80 Å². The summed E-state index contributed by atoms with van der Waals surface area (Å²) in [5.41, 5.74) is 1.29. The Morgan fingerprint density at radius 1 is 0.685 bits per heavy atom. The molecule has 8 heteroatoms. The number of hydrogen-bond donors (Lipinski definition) is 2. The van der Waals surface area contributed by atoms with Crippen LogP contribution in [0.5, 0.6) is 5.75 Å². The Kier molecular flexibility index (Phi) is 34.1. The molecule has 3 atom stereocenters. The lowest BCUT2D eigenvalue weighted by molar-refractivity contribution is -0.134. The predicted octanol–water partition coefficient (Wildman–Crippen LogP) is 11.1. The van der Waals surface area contributed by atoms with Gasteiger partial charge in [-0.1, -0.05) is 144 Å². The van der Waals surface area contributed by atoms with E-state index in [1.165, 1.54) is 77.0 Å². The van der Waals surface area contributed by atoms with E-state index in [-0.39, 0.29) is 24.3 Å². The molecular weight excluding hydrogens is 677 g/mol. The summed E-state index contributed by atoms with van der Waals surface area (Å²) in [5.74, 6) is -0.0928. The molecule has 0 aliphatic carbocycles. The van der Waals surface area contributed by atoms with Crippen LogP contribution in [0.4, 0.5) is 0 Å². The number of esters is 2. The van der Waals surface area contributed by atoms with Gasteiger partial charge >= 0.3 is 11.9 Å². The van der Waals surface area contributed by atoms with E-state index in [9.17, 15) is 19.8 Å². The first kappa shape index (κ1) is 52.0. The number of aliphatic hydroxyl groups excluding tert-OH is 2. The Hall–Kier alpha value is -2.00. The van der Waals surface area contributed by atoms with Gasteiger partial charge in [0.05, 0.1) is 24.4 Å². The van der Waals surface area contributed by atoms with E-state index in [1.54, 1.807) is 18.2 Å². The zero-order chi connectivity index (χ0) is 40.4. The monoisotopic (exact) mass is 763 g/mol. The third-order valence-electron chi connectivity index (χ3n) is 10.2. The van der Waals surface area contributed by atoms with Gasteiger partial charge in [-0.15, -0.1) is 0 Å². The molecule has 1 aromatic carbocycles. The van der Waals surface area contributed by atoms with E-state index in [4.69, 9.17) is 9.47 Å². The summed E-state index contributed by atoms with van der Waals surface area (Å²) in [5, 5.41) is 21.9. The van der Waals surface area contributed by atoms with Crippen molar-refractivity contribution in [3.05, 3.63) is 29.3 Å². The van der Waals surface area contributed by atoms with Crippen molar-refractivity contribution in [1.29, 1.82) is 0 Å². The van der Waals surface area contributed by atoms with Crippen LogP contribution in [0.3, 0.4) is 0 Å². The molecule has 0 saturated carbocycles. The number of ether oxygens (including phenoxy) is 2. The third-order valence-corrected chi connectivity index (χ3v) is 10.2. The number of carbonyl (C=O) groups is 2. The van der Waals surface area contributed by atoms with Crippen molar-refractivity contribution in [3.8, 4) is 5.75 Å². The highest BCUT2D eigenvalue weighted by Gasteiger charge is 2.20. The zero-order valence-corrected chi connectivity index (χ0v) is 36.5. The number of unbranched alkanes of at least 4 members (excludes halogenated alkanes) is 14. The number of hydrogen-bond acceptors (Lipinski definition) is 8. The summed E-state index contributed by atoms with van der Waals surface area (Å²) in [6.07, 6.45) is 22.8. The minimum Gasteiger partial charge on any atom is -0.462 e. The van der Waals surface area contributed by atoms with E-state index in [0.29, 0.717) is 44.0 Å². The molecule has 0 spiro atoms. The molecule has 8 nitrogen and oxygen atoms in total. The summed E-state index contributed by atoms with van der Waals surface area (Å²) in [4.78, 5) is 30.0. The first-order valence-corrected chi connectivity index (χ1v) is 22.4. The van der Waals surface area contributed by atoms with E-state index in [1.807, 2.05) is 27.9 Å². The van der Waals surface area contributed by atoms with Gasteiger partial charge in [-0.3, -0.25) is 9.69 Å². The fourth-order valence-electron chi connectivity index (χ4n) is 6.69. The summed E-state index contributed by atoms with van der Waals surface area (Å²) in [6, 6.07) is 5.19. The van der Waals surface area contributed by atoms with Gasteiger partial charge in [0.2, 0.25) is 0 Å². The smallest absolute Gasteiger partial charge is 0.338 e. The van der Waals surface area contributed by atoms with E-state index < -0.39 is 12.2 Å². The topological polar surface area (TPSA) is 99.5 Å². The van der Waals surface area contributed by atoms with Crippen LogP contribution >= 0.6 is 0 Å². The van der Waals surface area contributed by atoms with Crippen LogP contribution in [-0.2, 0) is 9.53 Å². The molecule has 3 unspecified atom stereocenters. The van der Waals surface area contributed by atoms with Crippen molar-refractivity contribution in [3.63, 3.8) is 0 Å². The van der Waals surface area contributed by atoms with Crippen LogP contribution < -0.4 is 4.74 Å². The Labute approximate surface area is 333 Å². The van der Waals surface area contributed by atoms with Gasteiger partial charge in [-0.2, -0.15) is 0 Å². The number of nitrogens with zero attached hydrogens (tertiary/aromatic N) is 2. The highest BCUT2D eigenvalue weighted by Crippen LogP contribution is 2.30. The molecule has 0 heterocycles. The summed E-state index contributed by atoms with van der Waals surface area (Å²) in [6.45, 7) is 15.4. The molecule has 1 rings (SSSR count). The van der Waals surface area contributed by atoms with Gasteiger partial charge in [0.15, 0.2) is 0 Å². The van der Waals surface area contributed by atoms with Gasteiger partial charge < -0.3 is 24.6 Å². The van der Waals surface area contributed by atoms with Crippen molar-refractivity contribution in [2.45, 2.75) is 201 Å². The van der Waals surface area contributed by atoms with Crippen molar-refractivity contribution < 1.29 is 29.3 Å². The zero-order valence-electron chi connectivity index (χ0n) is 36.5. The van der Waals surface area contributed by atoms with Crippen molar-refractivity contribution in [2.75, 3.05) is 46.9 Å². The molecule has 0 aromatic heterocycles. The molecule has 0 saturated heterocycles. The van der Waals surface area contributed by atoms with Gasteiger partial charge in [-0.25, -0.2) is 4.79 Å². The van der Waals surface area contributed by atoms with Crippen LogP contribution in [0.1, 0.15) is 205 Å². The Balaban J connectivity index is 0.0000138. The molecule has 0 fully saturated rings. The number of carbonyl (C=O) groups excluding carboxylic acids is 2. The molecule has 0 radical (unpaired) electrons. The predicted molar refractivity (Wildman–Crippen MR) is 228 cm³/mol. The van der Waals surface area contributed by atoms with Crippen LogP contribution in [0.2, 0.25) is 0 Å². The van der Waals surface area contributed by atoms with Crippen LogP contribution in [-0.4, -0.2) is 91.0 Å². The lowest BCUT2D eigenvalue weighted by atomic mass is 9.95. The maximum absolute atomic E-state index is 13.1. The van der Waals surface area contributed by atoms with E-state index in [2.05, 4.69) is 37.5 Å². The first-order chi connectivity index (χ1) is 26.1. The van der Waals surface area contributed by atoms with Gasteiger partial charge in [0, 0.05) is 26.1 Å². The highest BCUT2D eigenvalue weighted by molar-refractivity contribution is 5.90. The Bertz CT molecular complexity index is 1010. The van der Waals surface area contributed by atoms with Crippen LogP contribution in [0.25, 0.3) is 0 Å². The molecule has 0 aliphatic rings. The highest BCUT2D eigenvalue weighted by atomic mass is 16.5. The second-order valence-corrected chi connectivity index (χ2v) is 15.5. The van der Waals surface area contributed by atoms with Crippen molar-refractivity contribution in [2.24, 2.45) is 0 Å². The fraction of sp³-hybridized carbons (Fsp3) is 0.826. The van der Waals surface area contributed by atoms with Crippen molar-refractivity contribution >= 4 is 11.9 Å². The maximum atomic E-state index is 13.1. The van der Waals surface area contributed by atoms with Crippen LogP contribution in [0.15, 0.2) is 18.2 Å². The molecule has 0 bridgehead atoms. The normalized spacial score (nSPS) is 13.0. The summed E-state index contributed by atoms with van der Waals surface area (Å²) >= 11 is 0. The number of rotatable bonds is 34. The molecule has 2 N–H and O–H groups in total.